The van der Waals surface area contributed by atoms with Crippen LogP contribution in [0.15, 0.2) is 170 Å². The van der Waals surface area contributed by atoms with Gasteiger partial charge in [0, 0.05) is 19.3 Å². The second-order valence-corrected chi connectivity index (χ2v) is 21.3. The van der Waals surface area contributed by atoms with Crippen LogP contribution in [0.1, 0.15) is 271 Å². The average Bonchev–Trinajstić information content (AvgIpc) is 3.47. The molecule has 0 aromatic carbocycles. The van der Waals surface area contributed by atoms with Gasteiger partial charge in [-0.1, -0.05) is 294 Å². The molecule has 1 atom stereocenters. The molecular formula is C76H120O6. The van der Waals surface area contributed by atoms with Crippen molar-refractivity contribution in [2.45, 2.75) is 277 Å². The fraction of sp³-hybridized carbons (Fsp3) is 0.592. The minimum atomic E-state index is -0.813. The Morgan fingerprint density at radius 2 is 0.488 bits per heavy atom. The second-order valence-electron chi connectivity index (χ2n) is 21.3. The Kier molecular flexibility index (Phi) is 63.9. The highest BCUT2D eigenvalue weighted by Gasteiger charge is 2.19. The molecule has 0 aromatic heterocycles. The maximum atomic E-state index is 12.8. The van der Waals surface area contributed by atoms with E-state index in [4.69, 9.17) is 14.2 Å². The van der Waals surface area contributed by atoms with Crippen molar-refractivity contribution < 1.29 is 28.6 Å². The molecule has 0 rings (SSSR count). The summed E-state index contributed by atoms with van der Waals surface area (Å²) in [5, 5.41) is 0. The third-order valence-corrected chi connectivity index (χ3v) is 13.5. The van der Waals surface area contributed by atoms with Crippen molar-refractivity contribution in [1.29, 1.82) is 0 Å². The van der Waals surface area contributed by atoms with E-state index in [0.717, 1.165) is 135 Å². The summed E-state index contributed by atoms with van der Waals surface area (Å²) in [4.78, 5) is 38.0. The lowest BCUT2D eigenvalue weighted by atomic mass is 10.0. The van der Waals surface area contributed by atoms with E-state index in [-0.39, 0.29) is 37.5 Å². The van der Waals surface area contributed by atoms with Gasteiger partial charge in [-0.2, -0.15) is 0 Å². The fourth-order valence-electron chi connectivity index (χ4n) is 8.59. The van der Waals surface area contributed by atoms with Crippen LogP contribution in [0, 0.1) is 0 Å². The largest absolute Gasteiger partial charge is 0.462 e. The Balaban J connectivity index is 4.15. The summed E-state index contributed by atoms with van der Waals surface area (Å²) in [6, 6.07) is 0. The lowest BCUT2D eigenvalue weighted by molar-refractivity contribution is -0.167. The van der Waals surface area contributed by atoms with E-state index in [1.165, 1.54) is 89.9 Å². The van der Waals surface area contributed by atoms with Crippen LogP contribution in [-0.2, 0) is 28.6 Å². The summed E-state index contributed by atoms with van der Waals surface area (Å²) in [5.74, 6) is -0.981. The number of carbonyl (C=O) groups excluding carboxylic acids is 3. The van der Waals surface area contributed by atoms with Crippen LogP contribution in [0.4, 0.5) is 0 Å². The molecule has 0 aliphatic rings. The van der Waals surface area contributed by atoms with Crippen molar-refractivity contribution >= 4 is 17.9 Å². The van der Waals surface area contributed by atoms with Crippen LogP contribution in [0.3, 0.4) is 0 Å². The molecule has 0 aromatic rings. The minimum absolute atomic E-state index is 0.106. The first-order valence-corrected chi connectivity index (χ1v) is 33.1. The molecule has 0 amide bonds. The van der Waals surface area contributed by atoms with Gasteiger partial charge >= 0.3 is 17.9 Å². The predicted octanol–water partition coefficient (Wildman–Crippen LogP) is 23.0. The Hall–Kier alpha value is -5.23. The lowest BCUT2D eigenvalue weighted by Gasteiger charge is -2.18. The molecule has 0 N–H and O–H groups in total. The molecule has 82 heavy (non-hydrogen) atoms. The first-order chi connectivity index (χ1) is 40.5. The molecule has 0 aliphatic carbocycles. The smallest absolute Gasteiger partial charge is 0.306 e. The topological polar surface area (TPSA) is 78.9 Å². The Morgan fingerprint density at radius 1 is 0.256 bits per heavy atom. The van der Waals surface area contributed by atoms with Gasteiger partial charge in [0.05, 0.1) is 0 Å². The van der Waals surface area contributed by atoms with Gasteiger partial charge in [-0.3, -0.25) is 14.4 Å². The van der Waals surface area contributed by atoms with Crippen LogP contribution < -0.4 is 0 Å². The molecule has 0 aliphatic heterocycles. The van der Waals surface area contributed by atoms with Crippen molar-refractivity contribution in [3.63, 3.8) is 0 Å². The Morgan fingerprint density at radius 3 is 0.780 bits per heavy atom. The summed E-state index contributed by atoms with van der Waals surface area (Å²) in [7, 11) is 0. The van der Waals surface area contributed by atoms with Crippen LogP contribution >= 0.6 is 0 Å². The van der Waals surface area contributed by atoms with Crippen molar-refractivity contribution in [1.82, 2.24) is 0 Å². The highest BCUT2D eigenvalue weighted by atomic mass is 16.6. The van der Waals surface area contributed by atoms with Crippen molar-refractivity contribution in [2.75, 3.05) is 13.2 Å². The maximum absolute atomic E-state index is 12.8. The zero-order valence-electron chi connectivity index (χ0n) is 52.7. The summed E-state index contributed by atoms with van der Waals surface area (Å²) in [6.45, 7) is 6.30. The highest BCUT2D eigenvalue weighted by Crippen LogP contribution is 2.15. The Labute approximate surface area is 504 Å². The molecule has 0 fully saturated rings. The summed E-state index contributed by atoms with van der Waals surface area (Å²) >= 11 is 0. The number of carbonyl (C=O) groups is 3. The van der Waals surface area contributed by atoms with E-state index >= 15 is 0 Å². The molecule has 0 bridgehead atoms. The van der Waals surface area contributed by atoms with E-state index in [1.54, 1.807) is 0 Å². The van der Waals surface area contributed by atoms with Crippen LogP contribution in [0.5, 0.6) is 0 Å². The zero-order valence-corrected chi connectivity index (χ0v) is 52.7. The standard InChI is InChI=1S/C76H120O6/c1-4-7-10-13-16-18-20-22-24-26-28-30-32-33-34-35-36-37-38-39-40-41-42-43-45-46-48-50-52-54-56-58-60-63-66-69-75(78)81-72-73(71-80-74(77)68-65-62-15-12-9-6-3)82-76(79)70-67-64-61-59-57-55-53-51-49-47-44-31-29-27-25-23-21-19-17-14-11-8-5-2/h7-8,10-11,16-19,22-25,28-31,33-34,36-37,39-40,47,49,53,55,59,61,73H,4-6,9,12-15,20-21,26-27,32,35,38,41-46,48,50-52,54,56-58,60,62-72H2,1-3H3/b10-7-,11-8-,18-16-,19-17-,24-22-,25-23-,30-28-,31-29-,34-33-,37-36-,40-39-,49-47-,55-53-,61-59-. The third kappa shape index (κ3) is 65.6. The van der Waals surface area contributed by atoms with Gasteiger partial charge in [-0.15, -0.1) is 0 Å². The number of hydrogen-bond donors (Lipinski definition) is 0. The summed E-state index contributed by atoms with van der Waals surface area (Å²) in [5.41, 5.74) is 0. The first-order valence-electron chi connectivity index (χ1n) is 33.1. The number of unbranched alkanes of at least 4 members (excludes halogenated alkanes) is 19. The molecule has 1 unspecified atom stereocenters. The number of esters is 3. The van der Waals surface area contributed by atoms with E-state index in [0.29, 0.717) is 19.3 Å². The minimum Gasteiger partial charge on any atom is -0.462 e. The lowest BCUT2D eigenvalue weighted by Crippen LogP contribution is -2.30. The molecule has 0 heterocycles. The molecule has 460 valence electrons. The zero-order chi connectivity index (χ0) is 59.2. The van der Waals surface area contributed by atoms with E-state index in [1.807, 2.05) is 0 Å². The Bertz CT molecular complexity index is 1870. The van der Waals surface area contributed by atoms with Gasteiger partial charge in [-0.25, -0.2) is 0 Å². The number of hydrogen-bond acceptors (Lipinski definition) is 6. The number of allylic oxidation sites excluding steroid dienone is 28. The van der Waals surface area contributed by atoms with Crippen molar-refractivity contribution in [3.8, 4) is 0 Å². The summed E-state index contributed by atoms with van der Waals surface area (Å²) < 4.78 is 16.7. The quantitative estimate of drug-likeness (QED) is 0.0261. The van der Waals surface area contributed by atoms with Gasteiger partial charge in [0.15, 0.2) is 6.10 Å². The van der Waals surface area contributed by atoms with Crippen molar-refractivity contribution in [2.24, 2.45) is 0 Å². The maximum Gasteiger partial charge on any atom is 0.306 e. The van der Waals surface area contributed by atoms with Gasteiger partial charge < -0.3 is 14.2 Å². The third-order valence-electron chi connectivity index (χ3n) is 13.5. The van der Waals surface area contributed by atoms with Crippen LogP contribution in [-0.4, -0.2) is 37.2 Å². The van der Waals surface area contributed by atoms with Gasteiger partial charge in [0.1, 0.15) is 13.2 Å². The monoisotopic (exact) mass is 1130 g/mol. The molecule has 0 radical (unpaired) electrons. The van der Waals surface area contributed by atoms with E-state index < -0.39 is 6.10 Å². The molecule has 6 nitrogen and oxygen atoms in total. The molecular weight excluding hydrogens is 1010 g/mol. The second kappa shape index (κ2) is 68.3. The average molecular weight is 1130 g/mol. The number of ether oxygens (including phenoxy) is 3. The first kappa shape index (κ1) is 76.8. The molecule has 0 saturated carbocycles. The molecule has 0 saturated heterocycles. The van der Waals surface area contributed by atoms with E-state index in [9.17, 15) is 14.4 Å². The normalized spacial score (nSPS) is 13.3. The van der Waals surface area contributed by atoms with Gasteiger partial charge in [0.2, 0.25) is 0 Å². The molecule has 6 heteroatoms. The van der Waals surface area contributed by atoms with Crippen molar-refractivity contribution in [3.05, 3.63) is 170 Å². The van der Waals surface area contributed by atoms with Crippen LogP contribution in [0.2, 0.25) is 0 Å². The van der Waals surface area contributed by atoms with Gasteiger partial charge in [0.25, 0.3) is 0 Å². The fourth-order valence-corrected chi connectivity index (χ4v) is 8.59. The molecule has 0 spiro atoms. The van der Waals surface area contributed by atoms with Gasteiger partial charge in [-0.05, 0) is 128 Å². The number of rotatable bonds is 58. The van der Waals surface area contributed by atoms with Crippen LogP contribution in [0.25, 0.3) is 0 Å². The SMILES string of the molecule is CC/C=C\C/C=C\C/C=C\C/C=C\C/C=C\C/C=C\C/C=C\CCCCCCCCCCCCCCCC(=O)OCC(COC(=O)CCCCCCCC)OC(=O)CCC/C=C\C/C=C\C/C=C\C/C=C\C/C=C\C/C=C\C/C=C\CC. The van der Waals surface area contributed by atoms with E-state index in [2.05, 4.69) is 191 Å². The predicted molar refractivity (Wildman–Crippen MR) is 357 cm³/mol. The summed E-state index contributed by atoms with van der Waals surface area (Å²) in [6.07, 6.45) is 101. The highest BCUT2D eigenvalue weighted by molar-refractivity contribution is 5.71.